The summed E-state index contributed by atoms with van der Waals surface area (Å²) in [5.41, 5.74) is 0. The molecule has 0 atom stereocenters. The van der Waals surface area contributed by atoms with E-state index in [0.29, 0.717) is 0 Å². The minimum atomic E-state index is -1.75. The Morgan fingerprint density at radius 3 is 0.812 bits per heavy atom. The van der Waals surface area contributed by atoms with Crippen LogP contribution in [0.25, 0.3) is 0 Å². The van der Waals surface area contributed by atoms with Crippen molar-refractivity contribution >= 4 is 17.4 Å². The predicted octanol–water partition coefficient (Wildman–Crippen LogP) is -0.410. The number of rotatable bonds is 0. The van der Waals surface area contributed by atoms with Gasteiger partial charge in [0.15, 0.2) is 0 Å². The maximum absolute atomic E-state index is 8.25. The Morgan fingerprint density at radius 2 is 0.812 bits per heavy atom. The summed E-state index contributed by atoms with van der Waals surface area (Å²) in [4.78, 5) is 24.8. The fraction of sp³-hybridized carbons (Fsp3) is 0. The largest absolute Gasteiger partial charge is 3.00 e. The van der Waals surface area contributed by atoms with Gasteiger partial charge in [0.25, 0.3) is 0 Å². The van der Waals surface area contributed by atoms with Crippen LogP contribution in [0.1, 0.15) is 0 Å². The van der Waals surface area contributed by atoms with Crippen LogP contribution in [-0.4, -0.2) is 37.7 Å². The summed E-state index contributed by atoms with van der Waals surface area (Å²) in [5.74, 6) is 0. The average molecular weight is 257 g/mol. The summed E-state index contributed by atoms with van der Waals surface area (Å²) < 4.78 is 0. The third kappa shape index (κ3) is 245. The van der Waals surface area contributed by atoms with E-state index < -0.39 is 15.3 Å². The minimum Gasteiger partial charge on any atom is -0.516 e. The molecule has 0 unspecified atom stereocenters. The minimum absolute atomic E-state index is 0. The van der Waals surface area contributed by atoms with E-state index in [-0.39, 0.29) is 17.4 Å². The Balaban J connectivity index is -0.0000000331. The second kappa shape index (κ2) is 29.3. The number of aliphatic hydroxyl groups is 1. The van der Waals surface area contributed by atoms with Gasteiger partial charge in [0, 0.05) is 0 Å². The molecule has 0 radical (unpaired) electrons. The summed E-state index contributed by atoms with van der Waals surface area (Å²) in [5, 5.41) is 51.6. The third-order valence-electron chi connectivity index (χ3n) is 0. The van der Waals surface area contributed by atoms with E-state index >= 15 is 0 Å². The van der Waals surface area contributed by atoms with Gasteiger partial charge in [-0.3, -0.25) is 0 Å². The third-order valence-corrected chi connectivity index (χ3v) is 0. The maximum atomic E-state index is 8.25. The second-order valence-corrected chi connectivity index (χ2v) is 0.853. The Morgan fingerprint density at radius 1 is 0.812 bits per heavy atom. The molecule has 16 heavy (non-hydrogen) atoms. The number of nitrogens with zero attached hydrogens (tertiary/aromatic N) is 3. The molecule has 0 rings (SSSR count). The van der Waals surface area contributed by atoms with Gasteiger partial charge in [0.1, 0.15) is 0 Å². The second-order valence-electron chi connectivity index (χ2n) is 0.853. The van der Waals surface area contributed by atoms with E-state index in [4.69, 9.17) is 51.1 Å². The zero-order valence-corrected chi connectivity index (χ0v) is 8.48. The van der Waals surface area contributed by atoms with Crippen LogP contribution < -0.4 is 0 Å². The van der Waals surface area contributed by atoms with Gasteiger partial charge in [0.2, 0.25) is 0 Å². The number of hydrogen-bond donors (Lipinski definition) is 1. The first-order valence-corrected chi connectivity index (χ1v) is 2.31. The van der Waals surface area contributed by atoms with Crippen LogP contribution in [0.3, 0.4) is 0 Å². The molecule has 0 aliphatic rings. The van der Waals surface area contributed by atoms with E-state index in [0.717, 1.165) is 6.26 Å². The van der Waals surface area contributed by atoms with E-state index in [1.54, 1.807) is 0 Å². The van der Waals surface area contributed by atoms with Gasteiger partial charge in [-0.15, -0.1) is 0 Å². The number of aliphatic hydroxyl groups excluding tert-OH is 1. The van der Waals surface area contributed by atoms with Gasteiger partial charge in [-0.2, -0.15) is 0 Å². The monoisotopic (exact) mass is 257 g/mol. The molecule has 0 amide bonds. The molecule has 0 aromatic carbocycles. The zero-order chi connectivity index (χ0) is 13.4. The molecule has 0 spiro atoms. The molecular weight excluding hydrogens is 253 g/mol. The molecule has 1 N–H and O–H groups in total. The summed E-state index contributed by atoms with van der Waals surface area (Å²) in [6, 6.07) is 0. The van der Waals surface area contributed by atoms with E-state index in [1.165, 1.54) is 0 Å². The van der Waals surface area contributed by atoms with Crippen molar-refractivity contribution in [2.24, 2.45) is 0 Å². The molecule has 14 heteroatoms. The fourth-order valence-electron chi connectivity index (χ4n) is 0. The van der Waals surface area contributed by atoms with Gasteiger partial charge in [-0.1, -0.05) is 6.58 Å². The SMILES string of the molecule is C=CO.O=[N+]([O-])[O-].O=[N+]([O-])[O-].O=[N+]([O-])[O-].[Al+3]. The molecule has 13 nitrogen and oxygen atoms in total. The molecule has 0 aromatic heterocycles. The van der Waals surface area contributed by atoms with Crippen LogP contribution in [0.4, 0.5) is 0 Å². The first-order chi connectivity index (χ1) is 6.61. The molecule has 0 fully saturated rings. The topological polar surface area (TPSA) is 219 Å². The van der Waals surface area contributed by atoms with Gasteiger partial charge >= 0.3 is 17.4 Å². The standard InChI is InChI=1S/C2H4O.Al.3NO3/c1-2-3;;3*2-1(3)4/h2-3H,1H2;;;;/q;+3;3*-1. The zero-order valence-electron chi connectivity index (χ0n) is 7.32. The Labute approximate surface area is 97.3 Å². The summed E-state index contributed by atoms with van der Waals surface area (Å²) in [6.07, 6.45) is 0.750. The van der Waals surface area contributed by atoms with Crippen molar-refractivity contribution in [2.45, 2.75) is 0 Å². The van der Waals surface area contributed by atoms with Crippen molar-refractivity contribution in [3.8, 4) is 0 Å². The van der Waals surface area contributed by atoms with Crippen LogP contribution in [0.15, 0.2) is 12.8 Å². The maximum Gasteiger partial charge on any atom is 3.00 e. The van der Waals surface area contributed by atoms with Crippen LogP contribution in [0, 0.1) is 46.0 Å². The summed E-state index contributed by atoms with van der Waals surface area (Å²) in [6.45, 7) is 2.92. The van der Waals surface area contributed by atoms with E-state index in [2.05, 4.69) is 6.58 Å². The van der Waals surface area contributed by atoms with Crippen molar-refractivity contribution < 1.29 is 20.4 Å². The first kappa shape index (κ1) is 29.2. The first-order valence-electron chi connectivity index (χ1n) is 2.31. The van der Waals surface area contributed by atoms with E-state index in [9.17, 15) is 0 Å². The predicted molar refractivity (Wildman–Crippen MR) is 49.7 cm³/mol. The van der Waals surface area contributed by atoms with Gasteiger partial charge < -0.3 is 51.1 Å². The fourth-order valence-corrected chi connectivity index (χ4v) is 0. The van der Waals surface area contributed by atoms with Crippen molar-refractivity contribution in [1.82, 2.24) is 0 Å². The molecule has 90 valence electrons. The van der Waals surface area contributed by atoms with Gasteiger partial charge in [0.05, 0.1) is 21.5 Å². The molecular formula is C2H4AlN3O10. The molecule has 0 saturated carbocycles. The molecule has 0 aliphatic carbocycles. The smallest absolute Gasteiger partial charge is 0.516 e. The quantitative estimate of drug-likeness (QED) is 0.255. The van der Waals surface area contributed by atoms with E-state index in [1.807, 2.05) is 0 Å². The van der Waals surface area contributed by atoms with Crippen molar-refractivity contribution in [3.63, 3.8) is 0 Å². The number of hydrogen-bond acceptors (Lipinski definition) is 10. The van der Waals surface area contributed by atoms with Crippen LogP contribution in [0.5, 0.6) is 0 Å². The Hall–Kier alpha value is -2.33. The van der Waals surface area contributed by atoms with Crippen molar-refractivity contribution in [2.75, 3.05) is 0 Å². The molecule has 0 heterocycles. The van der Waals surface area contributed by atoms with Crippen LogP contribution >= 0.6 is 0 Å². The van der Waals surface area contributed by atoms with Gasteiger partial charge in [-0.05, 0) is 0 Å². The van der Waals surface area contributed by atoms with Gasteiger partial charge in [-0.25, -0.2) is 0 Å². The average Bonchev–Trinajstić information content (AvgIpc) is 1.81. The van der Waals surface area contributed by atoms with Crippen molar-refractivity contribution in [3.05, 3.63) is 58.8 Å². The normalized spacial score (nSPS) is 5.25. The van der Waals surface area contributed by atoms with Crippen LogP contribution in [0.2, 0.25) is 0 Å². The molecule has 0 aromatic rings. The Kier molecular flexibility index (Phi) is 53.5. The van der Waals surface area contributed by atoms with Crippen LogP contribution in [-0.2, 0) is 0 Å². The summed E-state index contributed by atoms with van der Waals surface area (Å²) >= 11 is 0. The summed E-state index contributed by atoms with van der Waals surface area (Å²) in [7, 11) is 0. The Bertz CT molecular complexity index is 154. The molecule has 0 bridgehead atoms. The molecule has 0 aliphatic heterocycles. The van der Waals surface area contributed by atoms with Crippen molar-refractivity contribution in [1.29, 1.82) is 0 Å². The molecule has 0 saturated heterocycles.